The van der Waals surface area contributed by atoms with Crippen molar-refractivity contribution >= 4 is 16.7 Å². The Morgan fingerprint density at radius 2 is 1.96 bits per heavy atom. The minimum absolute atomic E-state index is 0.195. The summed E-state index contributed by atoms with van der Waals surface area (Å²) < 4.78 is 0. The molecule has 3 aromatic rings. The van der Waals surface area contributed by atoms with Crippen LogP contribution in [0.15, 0.2) is 42.9 Å². The average molecular weight is 333 g/mol. The number of ketones is 1. The molecule has 0 N–H and O–H groups in total. The Morgan fingerprint density at radius 1 is 1.08 bits per heavy atom. The quantitative estimate of drug-likeness (QED) is 0.713. The van der Waals surface area contributed by atoms with Crippen molar-refractivity contribution in [2.75, 3.05) is 19.6 Å². The third kappa shape index (κ3) is 3.69. The smallest absolute Gasteiger partial charge is 0.152 e. The van der Waals surface area contributed by atoms with Crippen LogP contribution >= 0.6 is 0 Å². The Hall–Kier alpha value is -2.73. The van der Waals surface area contributed by atoms with Gasteiger partial charge in [-0.15, -0.1) is 0 Å². The molecule has 0 radical (unpaired) electrons. The molecule has 3 heterocycles. The van der Waals surface area contributed by atoms with E-state index in [1.807, 2.05) is 24.3 Å². The van der Waals surface area contributed by atoms with Gasteiger partial charge in [0.25, 0.3) is 0 Å². The van der Waals surface area contributed by atoms with E-state index in [2.05, 4.69) is 25.1 Å². The number of hydrogen-bond acceptors (Lipinski definition) is 6. The maximum Gasteiger partial charge on any atom is 0.152 e. The van der Waals surface area contributed by atoms with Gasteiger partial charge in [0.05, 0.1) is 36.1 Å². The van der Waals surface area contributed by atoms with Gasteiger partial charge < -0.3 is 0 Å². The molecule has 6 heteroatoms. The van der Waals surface area contributed by atoms with Gasteiger partial charge in [0.15, 0.2) is 5.78 Å². The summed E-state index contributed by atoms with van der Waals surface area (Å²) in [6.45, 7) is 2.56. The summed E-state index contributed by atoms with van der Waals surface area (Å²) in [7, 11) is 0. The molecule has 1 aliphatic heterocycles. The third-order valence-corrected chi connectivity index (χ3v) is 4.47. The number of aromatic nitrogens is 4. The number of Topliss-reactive ketones (excluding diaryl/α,β-unsaturated/α-hetero) is 1. The molecular formula is C19H19N5O. The van der Waals surface area contributed by atoms with Gasteiger partial charge in [-0.05, 0) is 44.1 Å². The molecule has 4 rings (SSSR count). The predicted molar refractivity (Wildman–Crippen MR) is 94.9 cm³/mol. The van der Waals surface area contributed by atoms with Crippen LogP contribution < -0.4 is 0 Å². The van der Waals surface area contributed by atoms with Gasteiger partial charge in [-0.25, -0.2) is 0 Å². The first-order valence-corrected chi connectivity index (χ1v) is 8.55. The van der Waals surface area contributed by atoms with Crippen molar-refractivity contribution < 1.29 is 4.79 Å². The van der Waals surface area contributed by atoms with Crippen LogP contribution in [0, 0.1) is 0 Å². The minimum atomic E-state index is 0.195. The summed E-state index contributed by atoms with van der Waals surface area (Å²) in [5.74, 6) is 0.195. The van der Waals surface area contributed by atoms with E-state index in [0.717, 1.165) is 35.2 Å². The molecule has 0 atom stereocenters. The Bertz CT molecular complexity index is 891. The highest BCUT2D eigenvalue weighted by Crippen LogP contribution is 2.21. The number of hydrogen-bond donors (Lipinski definition) is 0. The number of rotatable bonds is 5. The van der Waals surface area contributed by atoms with E-state index >= 15 is 0 Å². The monoisotopic (exact) mass is 333 g/mol. The summed E-state index contributed by atoms with van der Waals surface area (Å²) >= 11 is 0. The Labute approximate surface area is 145 Å². The van der Waals surface area contributed by atoms with Crippen molar-refractivity contribution in [3.05, 3.63) is 48.5 Å². The van der Waals surface area contributed by atoms with Gasteiger partial charge in [0.2, 0.25) is 0 Å². The second kappa shape index (κ2) is 7.03. The average Bonchev–Trinajstić information content (AvgIpc) is 3.14. The van der Waals surface area contributed by atoms with Crippen LogP contribution in [0.4, 0.5) is 0 Å². The van der Waals surface area contributed by atoms with Crippen molar-refractivity contribution in [1.82, 2.24) is 25.1 Å². The first-order chi connectivity index (χ1) is 12.3. The van der Waals surface area contributed by atoms with Crippen molar-refractivity contribution in [3.63, 3.8) is 0 Å². The summed E-state index contributed by atoms with van der Waals surface area (Å²) in [4.78, 5) is 22.9. The van der Waals surface area contributed by atoms with Gasteiger partial charge in [-0.3, -0.25) is 19.7 Å². The topological polar surface area (TPSA) is 71.9 Å². The minimum Gasteiger partial charge on any atom is -0.298 e. The highest BCUT2D eigenvalue weighted by molar-refractivity contribution is 5.86. The zero-order chi connectivity index (χ0) is 17.1. The van der Waals surface area contributed by atoms with E-state index in [1.165, 1.54) is 12.8 Å². The second-order valence-electron chi connectivity index (χ2n) is 6.40. The largest absolute Gasteiger partial charge is 0.298 e. The standard InChI is InChI=1S/C19H19N5O/c25-17(13-24-7-1-2-8-24)11-16-10-15-9-14(3-4-18(15)23-22-16)19-12-20-5-6-21-19/h3-6,9-10,12H,1-2,7-8,11,13H2. The molecule has 0 amide bonds. The van der Waals surface area contributed by atoms with Gasteiger partial charge >= 0.3 is 0 Å². The molecule has 0 spiro atoms. The molecule has 126 valence electrons. The highest BCUT2D eigenvalue weighted by Gasteiger charge is 2.16. The van der Waals surface area contributed by atoms with Gasteiger partial charge in [-0.2, -0.15) is 10.2 Å². The number of carbonyl (C=O) groups excluding carboxylic acids is 1. The van der Waals surface area contributed by atoms with Crippen molar-refractivity contribution in [2.24, 2.45) is 0 Å². The third-order valence-electron chi connectivity index (χ3n) is 4.47. The lowest BCUT2D eigenvalue weighted by Gasteiger charge is -2.12. The van der Waals surface area contributed by atoms with E-state index in [4.69, 9.17) is 0 Å². The summed E-state index contributed by atoms with van der Waals surface area (Å²) in [5.41, 5.74) is 3.31. The van der Waals surface area contributed by atoms with Crippen molar-refractivity contribution in [1.29, 1.82) is 0 Å². The molecule has 2 aromatic heterocycles. The molecule has 0 bridgehead atoms. The molecule has 1 saturated heterocycles. The van der Waals surface area contributed by atoms with Crippen LogP contribution in [0.1, 0.15) is 18.5 Å². The molecule has 1 fully saturated rings. The highest BCUT2D eigenvalue weighted by atomic mass is 16.1. The summed E-state index contributed by atoms with van der Waals surface area (Å²) in [5, 5.41) is 9.42. The lowest BCUT2D eigenvalue weighted by molar-refractivity contribution is -0.119. The van der Waals surface area contributed by atoms with Crippen LogP contribution in [0.5, 0.6) is 0 Å². The van der Waals surface area contributed by atoms with Crippen LogP contribution in [-0.4, -0.2) is 50.5 Å². The van der Waals surface area contributed by atoms with Crippen LogP contribution in [0.3, 0.4) is 0 Å². The molecule has 1 aliphatic rings. The maximum absolute atomic E-state index is 12.3. The fourth-order valence-electron chi connectivity index (χ4n) is 3.23. The van der Waals surface area contributed by atoms with Crippen LogP contribution in [-0.2, 0) is 11.2 Å². The molecule has 6 nitrogen and oxygen atoms in total. The Balaban J connectivity index is 1.55. The molecule has 1 aromatic carbocycles. The lowest BCUT2D eigenvalue weighted by atomic mass is 10.1. The van der Waals surface area contributed by atoms with Gasteiger partial charge in [0.1, 0.15) is 0 Å². The van der Waals surface area contributed by atoms with Crippen molar-refractivity contribution in [3.8, 4) is 11.3 Å². The van der Waals surface area contributed by atoms with Crippen molar-refractivity contribution in [2.45, 2.75) is 19.3 Å². The predicted octanol–water partition coefficient (Wildman–Crippen LogP) is 2.29. The summed E-state index contributed by atoms with van der Waals surface area (Å²) in [6, 6.07) is 7.84. The second-order valence-corrected chi connectivity index (χ2v) is 6.40. The van der Waals surface area contributed by atoms with E-state index in [1.54, 1.807) is 18.6 Å². The fraction of sp³-hybridized carbons (Fsp3) is 0.316. The Kier molecular flexibility index (Phi) is 4.43. The maximum atomic E-state index is 12.3. The SMILES string of the molecule is O=C(Cc1cc2cc(-c3cnccn3)ccc2nn1)CN1CCCC1. The summed E-state index contributed by atoms with van der Waals surface area (Å²) in [6.07, 6.45) is 7.76. The van der Waals surface area contributed by atoms with Crippen LogP contribution in [0.25, 0.3) is 22.2 Å². The van der Waals surface area contributed by atoms with E-state index < -0.39 is 0 Å². The molecule has 25 heavy (non-hydrogen) atoms. The number of benzene rings is 1. The number of likely N-dealkylation sites (tertiary alicyclic amines) is 1. The molecule has 0 unspecified atom stereocenters. The lowest BCUT2D eigenvalue weighted by Crippen LogP contribution is -2.28. The fourth-order valence-corrected chi connectivity index (χ4v) is 3.23. The van der Waals surface area contributed by atoms with Crippen LogP contribution in [0.2, 0.25) is 0 Å². The van der Waals surface area contributed by atoms with E-state index in [0.29, 0.717) is 18.7 Å². The van der Waals surface area contributed by atoms with E-state index in [-0.39, 0.29) is 5.78 Å². The number of nitrogens with zero attached hydrogens (tertiary/aromatic N) is 5. The first kappa shape index (κ1) is 15.8. The van der Waals surface area contributed by atoms with E-state index in [9.17, 15) is 4.79 Å². The number of fused-ring (bicyclic) bond motifs is 1. The Morgan fingerprint density at radius 3 is 2.76 bits per heavy atom. The molecule has 0 saturated carbocycles. The zero-order valence-electron chi connectivity index (χ0n) is 13.9. The first-order valence-electron chi connectivity index (χ1n) is 8.55. The number of carbonyl (C=O) groups is 1. The normalized spacial score (nSPS) is 14.9. The molecule has 0 aliphatic carbocycles. The van der Waals surface area contributed by atoms with Gasteiger partial charge in [-0.1, -0.05) is 6.07 Å². The zero-order valence-corrected chi connectivity index (χ0v) is 13.9. The van der Waals surface area contributed by atoms with Gasteiger partial charge in [0, 0.05) is 23.3 Å². The molecular weight excluding hydrogens is 314 g/mol.